The number of piperidine rings is 1. The fourth-order valence-corrected chi connectivity index (χ4v) is 3.44. The van der Waals surface area contributed by atoms with Crippen molar-refractivity contribution in [1.29, 1.82) is 0 Å². The number of rotatable bonds is 2. The van der Waals surface area contributed by atoms with Gasteiger partial charge in [0.15, 0.2) is 11.6 Å². The van der Waals surface area contributed by atoms with E-state index in [0.717, 1.165) is 0 Å². The average Bonchev–Trinajstić information content (AvgIpc) is 2.40. The molecule has 0 spiro atoms. The highest BCUT2D eigenvalue weighted by atomic mass is 19.1. The second-order valence-corrected chi connectivity index (χ2v) is 5.77. The van der Waals surface area contributed by atoms with Crippen molar-refractivity contribution in [3.05, 3.63) is 29.6 Å². The molecule has 2 bridgehead atoms. The second kappa shape index (κ2) is 4.98. The first-order valence-electron chi connectivity index (χ1n) is 6.90. The largest absolute Gasteiger partial charge is 0.493 e. The van der Waals surface area contributed by atoms with Crippen LogP contribution in [0.15, 0.2) is 18.2 Å². The van der Waals surface area contributed by atoms with Crippen LogP contribution in [0.4, 0.5) is 4.39 Å². The first-order chi connectivity index (χ1) is 9.55. The van der Waals surface area contributed by atoms with Crippen molar-refractivity contribution >= 4 is 0 Å². The van der Waals surface area contributed by atoms with Gasteiger partial charge in [-0.2, -0.15) is 0 Å². The summed E-state index contributed by atoms with van der Waals surface area (Å²) in [7, 11) is 3.49. The molecule has 20 heavy (non-hydrogen) atoms. The molecule has 0 aliphatic carbocycles. The van der Waals surface area contributed by atoms with Crippen LogP contribution in [0, 0.1) is 5.82 Å². The summed E-state index contributed by atoms with van der Waals surface area (Å²) in [5.74, 6) is -0.280. The maximum Gasteiger partial charge on any atom is 0.165 e. The maximum absolute atomic E-state index is 13.9. The molecule has 110 valence electrons. The van der Waals surface area contributed by atoms with Crippen molar-refractivity contribution in [3.63, 3.8) is 0 Å². The number of fused-ring (bicyclic) bond motifs is 2. The van der Waals surface area contributed by atoms with Crippen LogP contribution in [0.5, 0.6) is 5.75 Å². The third-order valence-electron chi connectivity index (χ3n) is 4.59. The zero-order valence-corrected chi connectivity index (χ0v) is 11.8. The zero-order valence-electron chi connectivity index (χ0n) is 11.8. The minimum atomic E-state index is -1.06. The third-order valence-corrected chi connectivity index (χ3v) is 4.59. The number of benzene rings is 1. The Morgan fingerprint density at radius 3 is 2.60 bits per heavy atom. The van der Waals surface area contributed by atoms with E-state index in [1.54, 1.807) is 12.1 Å². The van der Waals surface area contributed by atoms with E-state index in [0.29, 0.717) is 31.6 Å². The van der Waals surface area contributed by atoms with E-state index in [4.69, 9.17) is 9.47 Å². The fraction of sp³-hybridized carbons (Fsp3) is 0.600. The fourth-order valence-electron chi connectivity index (χ4n) is 3.44. The Labute approximate surface area is 118 Å². The Balaban J connectivity index is 1.99. The number of ether oxygens (including phenoxy) is 2. The van der Waals surface area contributed by atoms with Crippen LogP contribution in [-0.4, -0.2) is 49.5 Å². The van der Waals surface area contributed by atoms with E-state index in [-0.39, 0.29) is 17.8 Å². The average molecular weight is 281 g/mol. The van der Waals surface area contributed by atoms with Gasteiger partial charge in [0.05, 0.1) is 25.9 Å². The van der Waals surface area contributed by atoms with E-state index in [9.17, 15) is 9.50 Å². The zero-order chi connectivity index (χ0) is 14.3. The van der Waals surface area contributed by atoms with E-state index in [1.807, 2.05) is 0 Å². The van der Waals surface area contributed by atoms with Gasteiger partial charge in [0.2, 0.25) is 0 Å². The van der Waals surface area contributed by atoms with Gasteiger partial charge in [-0.25, -0.2) is 4.39 Å². The van der Waals surface area contributed by atoms with Gasteiger partial charge in [0.25, 0.3) is 0 Å². The Kier molecular flexibility index (Phi) is 3.44. The van der Waals surface area contributed by atoms with Crippen molar-refractivity contribution in [2.24, 2.45) is 0 Å². The van der Waals surface area contributed by atoms with E-state index >= 15 is 0 Å². The number of nitrogens with zero attached hydrogens (tertiary/aromatic N) is 1. The molecule has 1 N–H and O–H groups in total. The van der Waals surface area contributed by atoms with Crippen LogP contribution < -0.4 is 4.74 Å². The van der Waals surface area contributed by atoms with Gasteiger partial charge in [-0.1, -0.05) is 12.1 Å². The minimum Gasteiger partial charge on any atom is -0.493 e. The number of halogens is 1. The SMILES string of the molecule is COc1c(F)cccc1C1(O)CC2COCC(C1)N2C. The van der Waals surface area contributed by atoms with E-state index < -0.39 is 11.4 Å². The van der Waals surface area contributed by atoms with E-state index in [2.05, 4.69) is 11.9 Å². The molecule has 3 rings (SSSR count). The summed E-state index contributed by atoms with van der Waals surface area (Å²) in [5, 5.41) is 11.1. The molecular weight excluding hydrogens is 261 g/mol. The van der Waals surface area contributed by atoms with Gasteiger partial charge in [0, 0.05) is 17.6 Å². The van der Waals surface area contributed by atoms with Gasteiger partial charge >= 0.3 is 0 Å². The van der Waals surface area contributed by atoms with Gasteiger partial charge in [-0.05, 0) is 26.0 Å². The summed E-state index contributed by atoms with van der Waals surface area (Å²) in [5.41, 5.74) is -0.510. The smallest absolute Gasteiger partial charge is 0.165 e. The van der Waals surface area contributed by atoms with Crippen LogP contribution >= 0.6 is 0 Å². The molecule has 2 saturated heterocycles. The van der Waals surface area contributed by atoms with Crippen molar-refractivity contribution < 1.29 is 19.0 Å². The van der Waals surface area contributed by atoms with Crippen molar-refractivity contribution in [2.45, 2.75) is 30.5 Å². The summed E-state index contributed by atoms with van der Waals surface area (Å²) < 4.78 is 24.6. The molecule has 0 radical (unpaired) electrons. The lowest BCUT2D eigenvalue weighted by Gasteiger charge is -2.50. The Hall–Kier alpha value is -1.17. The van der Waals surface area contributed by atoms with Gasteiger partial charge in [-0.3, -0.25) is 4.90 Å². The van der Waals surface area contributed by atoms with Crippen LogP contribution in [-0.2, 0) is 10.3 Å². The van der Waals surface area contributed by atoms with Gasteiger partial charge in [-0.15, -0.1) is 0 Å². The summed E-state index contributed by atoms with van der Waals surface area (Å²) in [6.45, 7) is 1.21. The summed E-state index contributed by atoms with van der Waals surface area (Å²) in [6, 6.07) is 5.03. The van der Waals surface area contributed by atoms with Crippen LogP contribution in [0.1, 0.15) is 18.4 Å². The number of hydrogen-bond donors (Lipinski definition) is 1. The Morgan fingerprint density at radius 1 is 1.35 bits per heavy atom. The normalized spacial score (nSPS) is 34.0. The number of hydrogen-bond acceptors (Lipinski definition) is 4. The number of likely N-dealkylation sites (N-methyl/N-ethyl adjacent to an activating group) is 1. The lowest BCUT2D eigenvalue weighted by Crippen LogP contribution is -2.59. The summed E-state index contributed by atoms with van der Waals surface area (Å²) in [6.07, 6.45) is 1.06. The Bertz CT molecular complexity index is 494. The number of methoxy groups -OCH3 is 1. The quantitative estimate of drug-likeness (QED) is 0.892. The highest BCUT2D eigenvalue weighted by molar-refractivity contribution is 5.40. The number of morpholine rings is 1. The summed E-state index contributed by atoms with van der Waals surface area (Å²) >= 11 is 0. The maximum atomic E-state index is 13.9. The van der Waals surface area contributed by atoms with Gasteiger partial charge < -0.3 is 14.6 Å². The van der Waals surface area contributed by atoms with Crippen LogP contribution in [0.25, 0.3) is 0 Å². The molecule has 2 aliphatic rings. The first kappa shape index (κ1) is 13.8. The molecule has 0 amide bonds. The predicted octanol–water partition coefficient (Wildman–Crippen LogP) is 1.51. The van der Waals surface area contributed by atoms with Gasteiger partial charge in [0.1, 0.15) is 0 Å². The highest BCUT2D eigenvalue weighted by Gasteiger charge is 2.46. The standard InChI is InChI=1S/C15H20FNO3/c1-17-10-6-15(18,7-11(17)9-20-8-10)12-4-3-5-13(16)14(12)19-2/h3-5,10-11,18H,6-9H2,1-2H3. The molecule has 2 unspecified atom stereocenters. The van der Waals surface area contributed by atoms with Crippen molar-refractivity contribution in [2.75, 3.05) is 27.4 Å². The van der Waals surface area contributed by atoms with Crippen molar-refractivity contribution in [3.8, 4) is 5.75 Å². The monoisotopic (exact) mass is 281 g/mol. The summed E-state index contributed by atoms with van der Waals surface area (Å²) in [4.78, 5) is 2.25. The lowest BCUT2D eigenvalue weighted by molar-refractivity contribution is -0.138. The molecule has 0 aromatic heterocycles. The lowest BCUT2D eigenvalue weighted by atomic mass is 9.76. The minimum absolute atomic E-state index is 0.151. The third kappa shape index (κ3) is 2.10. The Morgan fingerprint density at radius 2 is 2.00 bits per heavy atom. The van der Waals surface area contributed by atoms with E-state index in [1.165, 1.54) is 13.2 Å². The second-order valence-electron chi connectivity index (χ2n) is 5.77. The highest BCUT2D eigenvalue weighted by Crippen LogP contribution is 2.44. The number of para-hydroxylation sites is 1. The first-order valence-corrected chi connectivity index (χ1v) is 6.90. The molecule has 4 nitrogen and oxygen atoms in total. The molecule has 1 aromatic carbocycles. The van der Waals surface area contributed by atoms with Crippen LogP contribution in [0.3, 0.4) is 0 Å². The van der Waals surface area contributed by atoms with Crippen LogP contribution in [0.2, 0.25) is 0 Å². The molecule has 2 heterocycles. The molecule has 2 atom stereocenters. The van der Waals surface area contributed by atoms with Crippen molar-refractivity contribution in [1.82, 2.24) is 4.90 Å². The topological polar surface area (TPSA) is 41.9 Å². The number of aliphatic hydroxyl groups is 1. The molecule has 0 saturated carbocycles. The molecule has 1 aromatic rings. The molecular formula is C15H20FNO3. The molecule has 2 fully saturated rings. The predicted molar refractivity (Wildman–Crippen MR) is 72.2 cm³/mol. The molecule has 5 heteroatoms. The molecule has 2 aliphatic heterocycles.